The third-order valence-electron chi connectivity index (χ3n) is 6.75. The molecule has 2 aliphatic rings. The maximum absolute atomic E-state index is 14.6. The molecule has 7 rings (SSSR count). The summed E-state index contributed by atoms with van der Waals surface area (Å²) in [5.41, 5.74) is 5.74. The van der Waals surface area contributed by atoms with Crippen molar-refractivity contribution in [1.82, 2.24) is 40.2 Å². The summed E-state index contributed by atoms with van der Waals surface area (Å²) in [5.74, 6) is 1.34. The van der Waals surface area contributed by atoms with Gasteiger partial charge in [-0.05, 0) is 36.4 Å². The molecule has 2 N–H and O–H groups in total. The second-order valence-electron chi connectivity index (χ2n) is 9.06. The highest BCUT2D eigenvalue weighted by Gasteiger charge is 2.23. The first-order chi connectivity index (χ1) is 18.1. The summed E-state index contributed by atoms with van der Waals surface area (Å²) in [6.07, 6.45) is 5.72. The maximum atomic E-state index is 14.6. The molecule has 4 aromatic heterocycles. The fourth-order valence-electron chi connectivity index (χ4n) is 4.83. The molecule has 0 fully saturated rings. The van der Waals surface area contributed by atoms with E-state index in [1.165, 1.54) is 12.1 Å². The van der Waals surface area contributed by atoms with Crippen LogP contribution in [-0.4, -0.2) is 54.6 Å². The van der Waals surface area contributed by atoms with Gasteiger partial charge in [0.25, 0.3) is 0 Å². The number of nitrogens with zero attached hydrogens (tertiary/aromatic N) is 7. The molecule has 0 saturated heterocycles. The smallest absolute Gasteiger partial charge is 0.178 e. The topological polar surface area (TPSA) is 100 Å². The minimum Gasteiger partial charge on any atom is -0.361 e. The number of rotatable bonds is 4. The number of anilines is 1. The predicted molar refractivity (Wildman–Crippen MR) is 139 cm³/mol. The molecule has 5 aromatic rings. The molecular formula is C26H21ClFN9. The number of aromatic amines is 1. The third-order valence-corrected chi connectivity index (χ3v) is 6.98. The van der Waals surface area contributed by atoms with Gasteiger partial charge >= 0.3 is 0 Å². The highest BCUT2D eigenvalue weighted by Crippen LogP contribution is 2.33. The van der Waals surface area contributed by atoms with Crippen molar-refractivity contribution < 1.29 is 4.39 Å². The largest absolute Gasteiger partial charge is 0.361 e. The van der Waals surface area contributed by atoms with E-state index in [0.29, 0.717) is 34.1 Å². The SMILES string of the molecule is Fc1ccc(Cl)cc1-c1n[nH]cc1-c1ccc2ncc(N3CCn4nc(C5=CCNC5)nc4C3)cc2n1. The average Bonchev–Trinajstić information content (AvgIpc) is 3.69. The van der Waals surface area contributed by atoms with Gasteiger partial charge in [0.15, 0.2) is 5.82 Å². The molecule has 0 unspecified atom stereocenters. The normalized spacial score (nSPS) is 15.3. The predicted octanol–water partition coefficient (Wildman–Crippen LogP) is 4.08. The van der Waals surface area contributed by atoms with Gasteiger partial charge in [-0.2, -0.15) is 10.2 Å². The minimum atomic E-state index is -0.399. The highest BCUT2D eigenvalue weighted by molar-refractivity contribution is 6.30. The molecule has 0 amide bonds. The molecule has 0 aliphatic carbocycles. The van der Waals surface area contributed by atoms with Crippen molar-refractivity contribution in [1.29, 1.82) is 0 Å². The summed E-state index contributed by atoms with van der Waals surface area (Å²) in [6.45, 7) is 3.84. The van der Waals surface area contributed by atoms with Gasteiger partial charge in [-0.1, -0.05) is 17.7 Å². The molecule has 9 nitrogen and oxygen atoms in total. The first-order valence-electron chi connectivity index (χ1n) is 12.0. The van der Waals surface area contributed by atoms with E-state index in [0.717, 1.165) is 60.1 Å². The van der Waals surface area contributed by atoms with Crippen LogP contribution >= 0.6 is 11.6 Å². The lowest BCUT2D eigenvalue weighted by Crippen LogP contribution is -2.34. The molecule has 11 heteroatoms. The Kier molecular flexibility index (Phi) is 5.22. The molecule has 0 spiro atoms. The highest BCUT2D eigenvalue weighted by atomic mass is 35.5. The number of pyridine rings is 2. The standard InChI is InChI=1S/C26H21ClFN9/c27-16-1-2-20(28)18(9-16)25-19(13-31-34-25)21-3-4-22-23(32-21)10-17(12-30-22)36-7-8-37-24(14-36)33-26(35-37)15-5-6-29-11-15/h1-5,9-10,12-13,29H,6-8,11,14H2,(H,31,34). The van der Waals surface area contributed by atoms with Crippen LogP contribution in [0.2, 0.25) is 5.02 Å². The maximum Gasteiger partial charge on any atom is 0.178 e. The molecule has 6 heterocycles. The molecule has 184 valence electrons. The van der Waals surface area contributed by atoms with Crippen molar-refractivity contribution in [3.8, 4) is 22.5 Å². The lowest BCUT2D eigenvalue weighted by atomic mass is 10.0. The van der Waals surface area contributed by atoms with Gasteiger partial charge in [0.05, 0.1) is 41.7 Å². The fourth-order valence-corrected chi connectivity index (χ4v) is 5.00. The summed E-state index contributed by atoms with van der Waals surface area (Å²) in [6, 6.07) is 10.2. The summed E-state index contributed by atoms with van der Waals surface area (Å²) in [5, 5.41) is 15.5. The monoisotopic (exact) mass is 513 g/mol. The Hall–Kier alpha value is -4.15. The second-order valence-corrected chi connectivity index (χ2v) is 9.49. The number of hydrogen-bond acceptors (Lipinski definition) is 7. The number of halogens is 2. The molecule has 0 saturated carbocycles. The van der Waals surface area contributed by atoms with Crippen molar-refractivity contribution in [3.63, 3.8) is 0 Å². The van der Waals surface area contributed by atoms with E-state index in [4.69, 9.17) is 26.7 Å². The van der Waals surface area contributed by atoms with Gasteiger partial charge in [-0.3, -0.25) is 10.1 Å². The van der Waals surface area contributed by atoms with Crippen LogP contribution < -0.4 is 10.2 Å². The molecular weight excluding hydrogens is 493 g/mol. The first-order valence-corrected chi connectivity index (χ1v) is 12.4. The van der Waals surface area contributed by atoms with Crippen LogP contribution in [0.3, 0.4) is 0 Å². The van der Waals surface area contributed by atoms with Crippen LogP contribution in [0.15, 0.2) is 54.9 Å². The van der Waals surface area contributed by atoms with Crippen LogP contribution in [0.5, 0.6) is 0 Å². The summed E-state index contributed by atoms with van der Waals surface area (Å²) in [7, 11) is 0. The van der Waals surface area contributed by atoms with Crippen molar-refractivity contribution in [2.24, 2.45) is 0 Å². The van der Waals surface area contributed by atoms with Gasteiger partial charge in [-0.25, -0.2) is 19.0 Å². The lowest BCUT2D eigenvalue weighted by molar-refractivity contribution is 0.512. The molecule has 0 radical (unpaired) electrons. The van der Waals surface area contributed by atoms with E-state index >= 15 is 0 Å². The van der Waals surface area contributed by atoms with Gasteiger partial charge in [-0.15, -0.1) is 0 Å². The Balaban J connectivity index is 1.21. The van der Waals surface area contributed by atoms with Crippen LogP contribution in [0.25, 0.3) is 39.1 Å². The van der Waals surface area contributed by atoms with Crippen LogP contribution in [0.1, 0.15) is 11.6 Å². The molecule has 0 bridgehead atoms. The second kappa shape index (κ2) is 8.75. The molecule has 1 aromatic carbocycles. The van der Waals surface area contributed by atoms with Crippen molar-refractivity contribution >= 4 is 33.9 Å². The number of hydrogen-bond donors (Lipinski definition) is 2. The summed E-state index contributed by atoms with van der Waals surface area (Å²) in [4.78, 5) is 16.5. The van der Waals surface area contributed by atoms with E-state index in [9.17, 15) is 4.39 Å². The lowest BCUT2D eigenvalue weighted by Gasteiger charge is -2.28. The minimum absolute atomic E-state index is 0.318. The van der Waals surface area contributed by atoms with E-state index in [-0.39, 0.29) is 0 Å². The van der Waals surface area contributed by atoms with Crippen molar-refractivity contribution in [2.75, 3.05) is 24.5 Å². The Morgan fingerprint density at radius 3 is 2.84 bits per heavy atom. The number of fused-ring (bicyclic) bond motifs is 2. The van der Waals surface area contributed by atoms with Crippen LogP contribution in [-0.2, 0) is 13.1 Å². The number of nitrogens with one attached hydrogen (secondary N) is 2. The van der Waals surface area contributed by atoms with E-state index < -0.39 is 5.82 Å². The number of H-pyrrole nitrogens is 1. The van der Waals surface area contributed by atoms with Gasteiger partial charge < -0.3 is 10.2 Å². The molecule has 37 heavy (non-hydrogen) atoms. The summed E-state index contributed by atoms with van der Waals surface area (Å²) >= 11 is 6.12. The van der Waals surface area contributed by atoms with Crippen LogP contribution in [0, 0.1) is 5.82 Å². The number of aromatic nitrogens is 7. The number of benzene rings is 1. The van der Waals surface area contributed by atoms with Gasteiger partial charge in [0.1, 0.15) is 17.3 Å². The fraction of sp³-hybridized carbons (Fsp3) is 0.192. The van der Waals surface area contributed by atoms with E-state index in [1.807, 2.05) is 29.1 Å². The van der Waals surface area contributed by atoms with E-state index in [2.05, 4.69) is 31.5 Å². The van der Waals surface area contributed by atoms with Gasteiger partial charge in [0.2, 0.25) is 0 Å². The van der Waals surface area contributed by atoms with E-state index in [1.54, 1.807) is 12.3 Å². The zero-order valence-electron chi connectivity index (χ0n) is 19.6. The zero-order chi connectivity index (χ0) is 24.9. The zero-order valence-corrected chi connectivity index (χ0v) is 20.4. The molecule has 2 aliphatic heterocycles. The quantitative estimate of drug-likeness (QED) is 0.373. The summed E-state index contributed by atoms with van der Waals surface area (Å²) < 4.78 is 16.6. The van der Waals surface area contributed by atoms with Crippen LogP contribution in [0.4, 0.5) is 10.1 Å². The van der Waals surface area contributed by atoms with Crippen molar-refractivity contribution in [2.45, 2.75) is 13.1 Å². The molecule has 0 atom stereocenters. The third kappa shape index (κ3) is 3.94. The Labute approximate surface area is 216 Å². The Morgan fingerprint density at radius 1 is 1.00 bits per heavy atom. The Bertz CT molecular complexity index is 1690. The van der Waals surface area contributed by atoms with Gasteiger partial charge in [0, 0.05) is 47.6 Å². The average molecular weight is 514 g/mol. The van der Waals surface area contributed by atoms with Crippen molar-refractivity contribution in [3.05, 3.63) is 77.4 Å². The Morgan fingerprint density at radius 2 is 1.95 bits per heavy atom. The first kappa shape index (κ1) is 22.1.